The van der Waals surface area contributed by atoms with Crippen molar-refractivity contribution in [3.05, 3.63) is 47.2 Å². The molecule has 32 heavy (non-hydrogen) atoms. The third kappa shape index (κ3) is 5.07. The summed E-state index contributed by atoms with van der Waals surface area (Å²) in [6, 6.07) is 5.02. The number of ether oxygens (including phenoxy) is 1. The molecule has 2 aliphatic heterocycles. The molecular formula is C22H29F3N5O2+. The van der Waals surface area contributed by atoms with E-state index in [-0.39, 0.29) is 17.8 Å². The van der Waals surface area contributed by atoms with E-state index in [1.807, 2.05) is 31.2 Å². The number of nitrogens with one attached hydrogen (secondary N) is 3. The molecular weight excluding hydrogens is 423 g/mol. The number of halogens is 3. The molecule has 1 aromatic heterocycles. The molecule has 2 aliphatic rings. The summed E-state index contributed by atoms with van der Waals surface area (Å²) in [7, 11) is 0. The minimum atomic E-state index is -4.47. The van der Waals surface area contributed by atoms with Gasteiger partial charge in [0, 0.05) is 19.4 Å². The number of morpholine rings is 1. The van der Waals surface area contributed by atoms with Crippen LogP contribution in [0, 0.1) is 6.92 Å². The number of carbonyl (C=O) groups excluding carboxylic acids is 1. The lowest BCUT2D eigenvalue weighted by Gasteiger charge is -2.34. The van der Waals surface area contributed by atoms with Crippen LogP contribution in [0.15, 0.2) is 30.5 Å². The van der Waals surface area contributed by atoms with E-state index in [1.165, 1.54) is 11.1 Å². The van der Waals surface area contributed by atoms with Gasteiger partial charge in [-0.05, 0) is 12.5 Å². The molecule has 3 N–H and O–H groups in total. The average molecular weight is 453 g/mol. The van der Waals surface area contributed by atoms with Crippen LogP contribution in [0.5, 0.6) is 0 Å². The van der Waals surface area contributed by atoms with Crippen LogP contribution in [0.1, 0.15) is 46.4 Å². The Balaban J connectivity index is 1.46. The van der Waals surface area contributed by atoms with Gasteiger partial charge in [0.2, 0.25) is 0 Å². The van der Waals surface area contributed by atoms with Gasteiger partial charge in [-0.2, -0.15) is 18.3 Å². The highest BCUT2D eigenvalue weighted by atomic mass is 19.4. The second kappa shape index (κ2) is 9.50. The summed E-state index contributed by atoms with van der Waals surface area (Å²) in [6.07, 6.45) is -2.65. The van der Waals surface area contributed by atoms with Crippen LogP contribution in [-0.4, -0.2) is 61.3 Å². The summed E-state index contributed by atoms with van der Waals surface area (Å²) in [5, 5.41) is 9.89. The van der Waals surface area contributed by atoms with Gasteiger partial charge in [-0.3, -0.25) is 4.79 Å². The second-order valence-corrected chi connectivity index (χ2v) is 8.47. The van der Waals surface area contributed by atoms with Crippen molar-refractivity contribution in [1.29, 1.82) is 0 Å². The van der Waals surface area contributed by atoms with Crippen molar-refractivity contribution in [2.45, 2.75) is 38.0 Å². The zero-order chi connectivity index (χ0) is 22.7. The predicted molar refractivity (Wildman–Crippen MR) is 113 cm³/mol. The fourth-order valence-electron chi connectivity index (χ4n) is 4.29. The first kappa shape index (κ1) is 22.6. The van der Waals surface area contributed by atoms with Crippen LogP contribution in [-0.2, 0) is 4.74 Å². The summed E-state index contributed by atoms with van der Waals surface area (Å²) in [6.45, 7) is 6.70. The van der Waals surface area contributed by atoms with Crippen molar-refractivity contribution in [1.82, 2.24) is 15.1 Å². The predicted octanol–water partition coefficient (Wildman–Crippen LogP) is 1.89. The molecule has 0 radical (unpaired) electrons. The van der Waals surface area contributed by atoms with E-state index in [2.05, 4.69) is 15.7 Å². The van der Waals surface area contributed by atoms with Gasteiger partial charge in [-0.1, -0.05) is 29.8 Å². The topological polar surface area (TPSA) is 72.6 Å². The minimum absolute atomic E-state index is 0.112. The highest BCUT2D eigenvalue weighted by Crippen LogP contribution is 2.44. The quantitative estimate of drug-likeness (QED) is 0.586. The Bertz CT molecular complexity index is 923. The van der Waals surface area contributed by atoms with Gasteiger partial charge < -0.3 is 20.3 Å². The first-order chi connectivity index (χ1) is 15.3. The Morgan fingerprint density at radius 2 is 2.00 bits per heavy atom. The number of hydrogen-bond acceptors (Lipinski definition) is 4. The lowest BCUT2D eigenvalue weighted by atomic mass is 9.96. The number of hydrogen-bond donors (Lipinski definition) is 3. The van der Waals surface area contributed by atoms with Crippen molar-refractivity contribution >= 4 is 11.7 Å². The zero-order valence-corrected chi connectivity index (χ0v) is 18.0. The van der Waals surface area contributed by atoms with E-state index in [0.717, 1.165) is 55.1 Å². The molecule has 0 bridgehead atoms. The first-order valence-corrected chi connectivity index (χ1v) is 11.0. The summed E-state index contributed by atoms with van der Waals surface area (Å²) in [5.41, 5.74) is 1.91. The number of aryl methyl sites for hydroxylation is 1. The third-order valence-corrected chi connectivity index (χ3v) is 6.16. The first-order valence-electron chi connectivity index (χ1n) is 11.0. The van der Waals surface area contributed by atoms with E-state index in [4.69, 9.17) is 4.74 Å². The highest BCUT2D eigenvalue weighted by Gasteiger charge is 2.47. The molecule has 4 rings (SSSR count). The third-order valence-electron chi connectivity index (χ3n) is 6.16. The Morgan fingerprint density at radius 3 is 2.69 bits per heavy atom. The van der Waals surface area contributed by atoms with Gasteiger partial charge in [0.25, 0.3) is 5.91 Å². The molecule has 0 saturated carbocycles. The molecule has 7 nitrogen and oxygen atoms in total. The maximum Gasteiger partial charge on any atom is 0.410 e. The van der Waals surface area contributed by atoms with E-state index in [1.54, 1.807) is 0 Å². The summed E-state index contributed by atoms with van der Waals surface area (Å²) >= 11 is 0. The summed E-state index contributed by atoms with van der Waals surface area (Å²) < 4.78 is 47.7. The Kier molecular flexibility index (Phi) is 6.71. The van der Waals surface area contributed by atoms with Crippen LogP contribution < -0.4 is 15.5 Å². The van der Waals surface area contributed by atoms with Crippen LogP contribution >= 0.6 is 0 Å². The van der Waals surface area contributed by atoms with E-state index in [0.29, 0.717) is 6.54 Å². The van der Waals surface area contributed by atoms with Crippen LogP contribution in [0.4, 0.5) is 19.0 Å². The number of benzene rings is 1. The van der Waals surface area contributed by atoms with E-state index in [9.17, 15) is 18.0 Å². The molecule has 1 fully saturated rings. The van der Waals surface area contributed by atoms with Crippen LogP contribution in [0.25, 0.3) is 0 Å². The van der Waals surface area contributed by atoms with E-state index < -0.39 is 24.2 Å². The van der Waals surface area contributed by atoms with Crippen LogP contribution in [0.3, 0.4) is 0 Å². The SMILES string of the molecule is Cc1ccc([C@@H]2C[C@H](C(F)(F)F)n3ncc(C(=O)NCCC[NH+]4CCOCC4)c3N2)cc1. The van der Waals surface area contributed by atoms with Crippen molar-refractivity contribution in [3.63, 3.8) is 0 Å². The second-order valence-electron chi connectivity index (χ2n) is 8.47. The van der Waals surface area contributed by atoms with Crippen molar-refractivity contribution < 1.29 is 27.6 Å². The number of alkyl halides is 3. The van der Waals surface area contributed by atoms with Gasteiger partial charge >= 0.3 is 6.18 Å². The molecule has 1 amide bonds. The molecule has 1 saturated heterocycles. The maximum atomic E-state index is 13.8. The summed E-state index contributed by atoms with van der Waals surface area (Å²) in [4.78, 5) is 14.2. The number of nitrogens with zero attached hydrogens (tertiary/aromatic N) is 2. The average Bonchev–Trinajstić information content (AvgIpc) is 3.20. The molecule has 1 aromatic carbocycles. The van der Waals surface area contributed by atoms with Gasteiger partial charge in [0.15, 0.2) is 6.04 Å². The van der Waals surface area contributed by atoms with Gasteiger partial charge in [-0.15, -0.1) is 0 Å². The number of quaternary nitrogens is 1. The largest absolute Gasteiger partial charge is 0.410 e. The van der Waals surface area contributed by atoms with Crippen molar-refractivity contribution in [3.8, 4) is 0 Å². The zero-order valence-electron chi connectivity index (χ0n) is 18.0. The Morgan fingerprint density at radius 1 is 1.28 bits per heavy atom. The molecule has 3 heterocycles. The number of fused-ring (bicyclic) bond motifs is 1. The molecule has 0 spiro atoms. The molecule has 2 aromatic rings. The van der Waals surface area contributed by atoms with Gasteiger partial charge in [-0.25, -0.2) is 4.68 Å². The Labute approximate surface area is 184 Å². The van der Waals surface area contributed by atoms with Gasteiger partial charge in [0.05, 0.1) is 32.0 Å². The Hall–Kier alpha value is -2.59. The van der Waals surface area contributed by atoms with E-state index >= 15 is 0 Å². The summed E-state index contributed by atoms with van der Waals surface area (Å²) in [5.74, 6) is -0.304. The van der Waals surface area contributed by atoms with Crippen molar-refractivity contribution in [2.24, 2.45) is 0 Å². The number of aromatic nitrogens is 2. The van der Waals surface area contributed by atoms with Crippen LogP contribution in [0.2, 0.25) is 0 Å². The lowest BCUT2D eigenvalue weighted by molar-refractivity contribution is -0.908. The number of carbonyl (C=O) groups is 1. The molecule has 2 atom stereocenters. The number of anilines is 1. The maximum absolute atomic E-state index is 13.8. The standard InChI is InChI=1S/C22H28F3N5O2/c1-15-3-5-16(6-4-15)18-13-19(22(23,24)25)30-20(28-18)17(14-27-30)21(31)26-7-2-8-29-9-11-32-12-10-29/h3-6,14,18-19,28H,2,7-13H2,1H3,(H,26,31)/p+1/t18-,19+/m0/s1. The molecule has 174 valence electrons. The molecule has 0 unspecified atom stereocenters. The fourth-order valence-corrected chi connectivity index (χ4v) is 4.29. The molecule has 10 heteroatoms. The lowest BCUT2D eigenvalue weighted by Crippen LogP contribution is -3.14. The highest BCUT2D eigenvalue weighted by molar-refractivity contribution is 5.98. The number of amides is 1. The monoisotopic (exact) mass is 452 g/mol. The van der Waals surface area contributed by atoms with Gasteiger partial charge in [0.1, 0.15) is 24.5 Å². The van der Waals surface area contributed by atoms with Crippen molar-refractivity contribution in [2.75, 3.05) is 44.7 Å². The fraction of sp³-hybridized carbons (Fsp3) is 0.545. The normalized spacial score (nSPS) is 21.6. The molecule has 0 aliphatic carbocycles. The number of rotatable bonds is 6. The minimum Gasteiger partial charge on any atom is -0.370 e. The smallest absolute Gasteiger partial charge is 0.370 e.